The molecular formula is C15H17BrN2O2S. The number of benzene rings is 1. The highest BCUT2D eigenvalue weighted by molar-refractivity contribution is 9.10. The molecule has 0 radical (unpaired) electrons. The number of anilines is 1. The van der Waals surface area contributed by atoms with Crippen molar-refractivity contribution in [1.29, 1.82) is 0 Å². The number of thiophene rings is 1. The highest BCUT2D eigenvalue weighted by atomic mass is 79.9. The number of ether oxygens (including phenoxy) is 1. The maximum Gasteiger partial charge on any atom is 0.266 e. The molecule has 3 rings (SSSR count). The molecule has 0 bridgehead atoms. The van der Waals surface area contributed by atoms with E-state index < -0.39 is 0 Å². The second-order valence-corrected chi connectivity index (χ2v) is 7.09. The number of nitrogen functional groups attached to an aromatic ring is 1. The minimum atomic E-state index is 0.0278. The van der Waals surface area contributed by atoms with Crippen molar-refractivity contribution in [3.05, 3.63) is 27.5 Å². The van der Waals surface area contributed by atoms with Crippen LogP contribution in [0.3, 0.4) is 0 Å². The summed E-state index contributed by atoms with van der Waals surface area (Å²) in [6.07, 6.45) is 0.891. The number of hydrogen-bond donors (Lipinski definition) is 1. The van der Waals surface area contributed by atoms with E-state index in [2.05, 4.69) is 22.9 Å². The van der Waals surface area contributed by atoms with Crippen LogP contribution in [0.5, 0.6) is 0 Å². The van der Waals surface area contributed by atoms with E-state index in [4.69, 9.17) is 10.5 Å². The van der Waals surface area contributed by atoms with Gasteiger partial charge in [0.2, 0.25) is 0 Å². The zero-order valence-corrected chi connectivity index (χ0v) is 14.2. The topological polar surface area (TPSA) is 55.6 Å². The Balaban J connectivity index is 1.99. The van der Waals surface area contributed by atoms with Crippen LogP contribution in [-0.2, 0) is 4.74 Å². The van der Waals surface area contributed by atoms with E-state index in [0.29, 0.717) is 30.3 Å². The standard InChI is InChI=1S/C15H17BrN2O2S/c1-2-10-8-20-6-5-18(10)15(19)14-13(17)11-4-3-9(16)7-12(11)21-14/h3-4,7,10H,2,5-6,8,17H2,1H3. The number of amides is 1. The number of carbonyl (C=O) groups excluding carboxylic acids is 1. The maximum absolute atomic E-state index is 12.8. The molecule has 1 saturated heterocycles. The van der Waals surface area contributed by atoms with Gasteiger partial charge in [-0.2, -0.15) is 0 Å². The molecule has 1 aromatic heterocycles. The van der Waals surface area contributed by atoms with E-state index >= 15 is 0 Å². The van der Waals surface area contributed by atoms with Gasteiger partial charge in [0.05, 0.1) is 24.9 Å². The molecule has 1 amide bonds. The summed E-state index contributed by atoms with van der Waals surface area (Å²) in [5.41, 5.74) is 6.79. The lowest BCUT2D eigenvalue weighted by Gasteiger charge is -2.34. The fourth-order valence-corrected chi connectivity index (χ4v) is 4.27. The molecule has 6 heteroatoms. The fraction of sp³-hybridized carbons (Fsp3) is 0.400. The molecule has 0 aliphatic carbocycles. The van der Waals surface area contributed by atoms with Crippen LogP contribution in [0.4, 0.5) is 5.69 Å². The van der Waals surface area contributed by atoms with Crippen molar-refractivity contribution in [2.75, 3.05) is 25.5 Å². The summed E-state index contributed by atoms with van der Waals surface area (Å²) in [5.74, 6) is 0.0278. The molecule has 1 aliphatic rings. The van der Waals surface area contributed by atoms with Crippen LogP contribution >= 0.6 is 27.3 Å². The van der Waals surface area contributed by atoms with Gasteiger partial charge in [-0.1, -0.05) is 28.9 Å². The number of nitrogens with zero attached hydrogens (tertiary/aromatic N) is 1. The first-order valence-electron chi connectivity index (χ1n) is 6.98. The number of hydrogen-bond acceptors (Lipinski definition) is 4. The van der Waals surface area contributed by atoms with Crippen LogP contribution in [0.15, 0.2) is 22.7 Å². The Morgan fingerprint density at radius 1 is 1.57 bits per heavy atom. The van der Waals surface area contributed by atoms with Crippen molar-refractivity contribution < 1.29 is 9.53 Å². The zero-order valence-electron chi connectivity index (χ0n) is 11.8. The average molecular weight is 369 g/mol. The maximum atomic E-state index is 12.8. The molecule has 1 aromatic carbocycles. The molecule has 2 heterocycles. The van der Waals surface area contributed by atoms with Gasteiger partial charge in [0.15, 0.2) is 0 Å². The molecule has 21 heavy (non-hydrogen) atoms. The first-order valence-corrected chi connectivity index (χ1v) is 8.59. The molecule has 1 aliphatic heterocycles. The van der Waals surface area contributed by atoms with Crippen molar-refractivity contribution in [1.82, 2.24) is 4.90 Å². The van der Waals surface area contributed by atoms with E-state index in [-0.39, 0.29) is 11.9 Å². The van der Waals surface area contributed by atoms with Crippen LogP contribution in [0, 0.1) is 0 Å². The Morgan fingerprint density at radius 3 is 3.14 bits per heavy atom. The summed E-state index contributed by atoms with van der Waals surface area (Å²) in [6, 6.07) is 6.05. The smallest absolute Gasteiger partial charge is 0.266 e. The molecular weight excluding hydrogens is 352 g/mol. The molecule has 1 atom stereocenters. The lowest BCUT2D eigenvalue weighted by Crippen LogP contribution is -2.48. The van der Waals surface area contributed by atoms with Crippen LogP contribution in [0.25, 0.3) is 10.1 Å². The Labute approximate surface area is 136 Å². The largest absolute Gasteiger partial charge is 0.397 e. The van der Waals surface area contributed by atoms with Gasteiger partial charge < -0.3 is 15.4 Å². The Hall–Kier alpha value is -1.11. The van der Waals surface area contributed by atoms with Gasteiger partial charge in [-0.05, 0) is 18.6 Å². The van der Waals surface area contributed by atoms with Crippen LogP contribution in [-0.4, -0.2) is 36.6 Å². The average Bonchev–Trinajstić information content (AvgIpc) is 2.82. The van der Waals surface area contributed by atoms with Crippen molar-refractivity contribution in [2.45, 2.75) is 19.4 Å². The number of morpholine rings is 1. The van der Waals surface area contributed by atoms with Crippen molar-refractivity contribution in [2.24, 2.45) is 0 Å². The molecule has 2 aromatic rings. The zero-order chi connectivity index (χ0) is 15.0. The first-order chi connectivity index (χ1) is 10.1. The molecule has 1 fully saturated rings. The molecule has 1 unspecified atom stereocenters. The Morgan fingerprint density at radius 2 is 2.38 bits per heavy atom. The molecule has 0 saturated carbocycles. The normalized spacial score (nSPS) is 19.1. The highest BCUT2D eigenvalue weighted by Gasteiger charge is 2.29. The third-order valence-corrected chi connectivity index (χ3v) is 5.49. The molecule has 112 valence electrons. The van der Waals surface area contributed by atoms with Crippen LogP contribution in [0.1, 0.15) is 23.0 Å². The van der Waals surface area contributed by atoms with E-state index in [1.54, 1.807) is 0 Å². The van der Waals surface area contributed by atoms with Gasteiger partial charge in [-0.25, -0.2) is 0 Å². The lowest BCUT2D eigenvalue weighted by molar-refractivity contribution is -0.00248. The number of rotatable bonds is 2. The fourth-order valence-electron chi connectivity index (χ4n) is 2.64. The first kappa shape index (κ1) is 14.8. The predicted molar refractivity (Wildman–Crippen MR) is 89.9 cm³/mol. The van der Waals surface area contributed by atoms with Gasteiger partial charge >= 0.3 is 0 Å². The van der Waals surface area contributed by atoms with Gasteiger partial charge in [0.1, 0.15) is 4.88 Å². The molecule has 2 N–H and O–H groups in total. The number of halogens is 1. The predicted octanol–water partition coefficient (Wildman–Crippen LogP) is 3.50. The van der Waals surface area contributed by atoms with Crippen LogP contribution < -0.4 is 5.73 Å². The summed E-state index contributed by atoms with van der Waals surface area (Å²) < 4.78 is 7.49. The molecule has 0 spiro atoms. The summed E-state index contributed by atoms with van der Waals surface area (Å²) >= 11 is 4.92. The van der Waals surface area contributed by atoms with Gasteiger partial charge in [-0.15, -0.1) is 11.3 Å². The summed E-state index contributed by atoms with van der Waals surface area (Å²) in [5, 5.41) is 0.952. The minimum absolute atomic E-state index is 0.0278. The van der Waals surface area contributed by atoms with E-state index in [1.807, 2.05) is 23.1 Å². The van der Waals surface area contributed by atoms with Crippen molar-refractivity contribution in [3.8, 4) is 0 Å². The van der Waals surface area contributed by atoms with E-state index in [9.17, 15) is 4.79 Å². The third-order valence-electron chi connectivity index (χ3n) is 3.84. The summed E-state index contributed by atoms with van der Waals surface area (Å²) in [6.45, 7) is 3.91. The second kappa shape index (κ2) is 5.94. The van der Waals surface area contributed by atoms with E-state index in [0.717, 1.165) is 21.0 Å². The van der Waals surface area contributed by atoms with E-state index in [1.165, 1.54) is 11.3 Å². The highest BCUT2D eigenvalue weighted by Crippen LogP contribution is 2.36. The van der Waals surface area contributed by atoms with Crippen molar-refractivity contribution in [3.63, 3.8) is 0 Å². The summed E-state index contributed by atoms with van der Waals surface area (Å²) in [4.78, 5) is 15.4. The third kappa shape index (κ3) is 2.67. The Bertz CT molecular complexity index is 686. The van der Waals surface area contributed by atoms with Gasteiger partial charge in [0, 0.05) is 21.1 Å². The van der Waals surface area contributed by atoms with Crippen LogP contribution in [0.2, 0.25) is 0 Å². The van der Waals surface area contributed by atoms with Crippen molar-refractivity contribution >= 4 is 48.9 Å². The lowest BCUT2D eigenvalue weighted by atomic mass is 10.1. The number of nitrogens with two attached hydrogens (primary N) is 1. The molecule has 4 nitrogen and oxygen atoms in total. The number of fused-ring (bicyclic) bond motifs is 1. The second-order valence-electron chi connectivity index (χ2n) is 5.12. The SMILES string of the molecule is CCC1COCCN1C(=O)c1sc2cc(Br)ccc2c1N. The van der Waals surface area contributed by atoms with Gasteiger partial charge in [-0.3, -0.25) is 4.79 Å². The monoisotopic (exact) mass is 368 g/mol. The van der Waals surface area contributed by atoms with Gasteiger partial charge in [0.25, 0.3) is 5.91 Å². The Kier molecular flexibility index (Phi) is 4.19. The summed E-state index contributed by atoms with van der Waals surface area (Å²) in [7, 11) is 0. The minimum Gasteiger partial charge on any atom is -0.397 e. The number of carbonyl (C=O) groups is 1. The quantitative estimate of drug-likeness (QED) is 0.882.